The van der Waals surface area contributed by atoms with Crippen LogP contribution in [0.4, 0.5) is 0 Å². The molecule has 5 nitrogen and oxygen atoms in total. The van der Waals surface area contributed by atoms with Crippen LogP contribution in [0.1, 0.15) is 19.8 Å². The highest BCUT2D eigenvalue weighted by Crippen LogP contribution is 2.23. The Bertz CT molecular complexity index is 800. The van der Waals surface area contributed by atoms with Gasteiger partial charge in [0.2, 0.25) is 5.91 Å². The van der Waals surface area contributed by atoms with Crippen LogP contribution in [0.3, 0.4) is 0 Å². The topological polar surface area (TPSA) is 59.8 Å². The SMILES string of the molecule is C=C(C)C(=O)N1CCC(Oc2ccc3ccc(=O)oc3c2)CC1. The van der Waals surface area contributed by atoms with Crippen molar-refractivity contribution in [2.45, 2.75) is 25.9 Å². The molecule has 0 atom stereocenters. The lowest BCUT2D eigenvalue weighted by atomic mass is 10.1. The van der Waals surface area contributed by atoms with Gasteiger partial charge in [0.25, 0.3) is 0 Å². The minimum Gasteiger partial charge on any atom is -0.490 e. The van der Waals surface area contributed by atoms with E-state index in [0.29, 0.717) is 30.0 Å². The molecule has 5 heteroatoms. The molecule has 120 valence electrons. The largest absolute Gasteiger partial charge is 0.490 e. The lowest BCUT2D eigenvalue weighted by Crippen LogP contribution is -2.42. The number of hydrogen-bond acceptors (Lipinski definition) is 4. The lowest BCUT2D eigenvalue weighted by molar-refractivity contribution is -0.128. The Morgan fingerprint density at radius 3 is 2.65 bits per heavy atom. The Hall–Kier alpha value is -2.56. The first kappa shape index (κ1) is 15.3. The van der Waals surface area contributed by atoms with Crippen LogP contribution in [0.5, 0.6) is 5.75 Å². The van der Waals surface area contributed by atoms with Crippen molar-refractivity contribution in [3.8, 4) is 5.75 Å². The summed E-state index contributed by atoms with van der Waals surface area (Å²) in [5.41, 5.74) is 0.708. The van der Waals surface area contributed by atoms with Gasteiger partial charge in [-0.2, -0.15) is 0 Å². The molecule has 1 fully saturated rings. The maximum absolute atomic E-state index is 11.9. The average Bonchev–Trinajstić information content (AvgIpc) is 2.54. The van der Waals surface area contributed by atoms with Gasteiger partial charge in [0.05, 0.1) is 0 Å². The van der Waals surface area contributed by atoms with E-state index < -0.39 is 0 Å². The number of carbonyl (C=O) groups is 1. The second-order valence-corrected chi connectivity index (χ2v) is 5.84. The second-order valence-electron chi connectivity index (χ2n) is 5.84. The number of amides is 1. The van der Waals surface area contributed by atoms with Crippen molar-refractivity contribution in [1.82, 2.24) is 4.90 Å². The van der Waals surface area contributed by atoms with Crippen LogP contribution in [0, 0.1) is 0 Å². The molecule has 0 unspecified atom stereocenters. The van der Waals surface area contributed by atoms with Gasteiger partial charge in [0, 0.05) is 49.0 Å². The van der Waals surface area contributed by atoms with Gasteiger partial charge in [0.15, 0.2) is 0 Å². The van der Waals surface area contributed by atoms with Crippen LogP contribution >= 0.6 is 0 Å². The fourth-order valence-corrected chi connectivity index (χ4v) is 2.75. The molecule has 0 N–H and O–H groups in total. The molecule has 23 heavy (non-hydrogen) atoms. The van der Waals surface area contributed by atoms with Crippen LogP contribution < -0.4 is 10.4 Å². The van der Waals surface area contributed by atoms with Gasteiger partial charge in [-0.05, 0) is 25.1 Å². The van der Waals surface area contributed by atoms with E-state index in [0.717, 1.165) is 18.2 Å². The number of fused-ring (bicyclic) bond motifs is 1. The standard InChI is InChI=1S/C18H19NO4/c1-12(2)18(21)19-9-7-14(8-10-19)22-15-5-3-13-4-6-17(20)23-16(13)11-15/h3-6,11,14H,1,7-10H2,2H3. The van der Waals surface area contributed by atoms with Crippen LogP contribution in [0.2, 0.25) is 0 Å². The minimum absolute atomic E-state index is 0.0101. The first-order valence-electron chi connectivity index (χ1n) is 7.68. The molecule has 1 aliphatic rings. The summed E-state index contributed by atoms with van der Waals surface area (Å²) in [5.74, 6) is 0.687. The van der Waals surface area contributed by atoms with E-state index in [1.807, 2.05) is 17.0 Å². The number of nitrogens with zero attached hydrogens (tertiary/aromatic N) is 1. The highest BCUT2D eigenvalue weighted by atomic mass is 16.5. The number of piperidine rings is 1. The van der Waals surface area contributed by atoms with Crippen molar-refractivity contribution < 1.29 is 13.9 Å². The molecule has 0 spiro atoms. The molecule has 3 rings (SSSR count). The summed E-state index contributed by atoms with van der Waals surface area (Å²) in [6.07, 6.45) is 1.60. The maximum Gasteiger partial charge on any atom is 0.336 e. The van der Waals surface area contributed by atoms with Gasteiger partial charge >= 0.3 is 5.63 Å². The van der Waals surface area contributed by atoms with E-state index in [-0.39, 0.29) is 17.6 Å². The van der Waals surface area contributed by atoms with Crippen molar-refractivity contribution in [3.05, 3.63) is 52.9 Å². The molecular formula is C18H19NO4. The zero-order chi connectivity index (χ0) is 16.4. The Kier molecular flexibility index (Phi) is 4.19. The molecule has 0 saturated carbocycles. The molecule has 2 aromatic rings. The second kappa shape index (κ2) is 6.28. The molecule has 0 aliphatic carbocycles. The maximum atomic E-state index is 11.9. The molecule has 0 bridgehead atoms. The fourth-order valence-electron chi connectivity index (χ4n) is 2.75. The smallest absolute Gasteiger partial charge is 0.336 e. The molecule has 0 radical (unpaired) electrons. The van der Waals surface area contributed by atoms with E-state index >= 15 is 0 Å². The van der Waals surface area contributed by atoms with Crippen molar-refractivity contribution in [2.75, 3.05) is 13.1 Å². The quantitative estimate of drug-likeness (QED) is 0.646. The van der Waals surface area contributed by atoms with Crippen LogP contribution in [-0.2, 0) is 4.79 Å². The van der Waals surface area contributed by atoms with Gasteiger partial charge < -0.3 is 14.1 Å². The van der Waals surface area contributed by atoms with E-state index in [2.05, 4.69) is 6.58 Å². The first-order valence-corrected chi connectivity index (χ1v) is 7.68. The summed E-state index contributed by atoms with van der Waals surface area (Å²) >= 11 is 0. The number of ether oxygens (including phenoxy) is 1. The molecule has 1 aromatic carbocycles. The molecule has 1 saturated heterocycles. The van der Waals surface area contributed by atoms with Crippen molar-refractivity contribution in [2.24, 2.45) is 0 Å². The number of benzene rings is 1. The monoisotopic (exact) mass is 313 g/mol. The van der Waals surface area contributed by atoms with E-state index in [9.17, 15) is 9.59 Å². The van der Waals surface area contributed by atoms with E-state index in [1.165, 1.54) is 6.07 Å². The van der Waals surface area contributed by atoms with Crippen LogP contribution in [0.25, 0.3) is 11.0 Å². The lowest BCUT2D eigenvalue weighted by Gasteiger charge is -2.32. The van der Waals surface area contributed by atoms with Gasteiger partial charge in [-0.25, -0.2) is 4.79 Å². The molecular weight excluding hydrogens is 294 g/mol. The van der Waals surface area contributed by atoms with Crippen LogP contribution in [-0.4, -0.2) is 30.0 Å². The van der Waals surface area contributed by atoms with E-state index in [4.69, 9.17) is 9.15 Å². The molecule has 1 aliphatic heterocycles. The average molecular weight is 313 g/mol. The third kappa shape index (κ3) is 3.44. The predicted octanol–water partition coefficient (Wildman–Crippen LogP) is 2.74. The zero-order valence-corrected chi connectivity index (χ0v) is 13.1. The van der Waals surface area contributed by atoms with Crippen molar-refractivity contribution >= 4 is 16.9 Å². The van der Waals surface area contributed by atoms with E-state index in [1.54, 1.807) is 19.1 Å². The number of carbonyl (C=O) groups excluding carboxylic acids is 1. The third-order valence-electron chi connectivity index (χ3n) is 3.99. The van der Waals surface area contributed by atoms with Gasteiger partial charge in [0.1, 0.15) is 17.4 Å². The summed E-state index contributed by atoms with van der Waals surface area (Å²) in [7, 11) is 0. The first-order chi connectivity index (χ1) is 11.0. The Balaban J connectivity index is 1.66. The fraction of sp³-hybridized carbons (Fsp3) is 0.333. The molecule has 2 heterocycles. The third-order valence-corrected chi connectivity index (χ3v) is 3.99. The summed E-state index contributed by atoms with van der Waals surface area (Å²) in [4.78, 5) is 25.0. The summed E-state index contributed by atoms with van der Waals surface area (Å²) < 4.78 is 11.1. The van der Waals surface area contributed by atoms with Gasteiger partial charge in [-0.3, -0.25) is 4.79 Å². The highest BCUT2D eigenvalue weighted by molar-refractivity contribution is 5.92. The predicted molar refractivity (Wildman–Crippen MR) is 87.5 cm³/mol. The summed E-state index contributed by atoms with van der Waals surface area (Å²) in [6.45, 7) is 6.76. The zero-order valence-electron chi connectivity index (χ0n) is 13.1. The highest BCUT2D eigenvalue weighted by Gasteiger charge is 2.24. The number of hydrogen-bond donors (Lipinski definition) is 0. The Labute approximate surface area is 134 Å². The van der Waals surface area contributed by atoms with Crippen molar-refractivity contribution in [3.63, 3.8) is 0 Å². The molecule has 1 amide bonds. The van der Waals surface area contributed by atoms with Gasteiger partial charge in [-0.15, -0.1) is 0 Å². The van der Waals surface area contributed by atoms with Gasteiger partial charge in [-0.1, -0.05) is 6.58 Å². The normalized spacial score (nSPS) is 15.6. The summed E-state index contributed by atoms with van der Waals surface area (Å²) in [5, 5.41) is 0.860. The van der Waals surface area contributed by atoms with Crippen molar-refractivity contribution in [1.29, 1.82) is 0 Å². The minimum atomic E-state index is -0.374. The number of likely N-dealkylation sites (tertiary alicyclic amines) is 1. The van der Waals surface area contributed by atoms with Crippen LogP contribution in [0.15, 0.2) is 51.7 Å². The molecule has 1 aromatic heterocycles. The Morgan fingerprint density at radius 1 is 1.26 bits per heavy atom. The number of rotatable bonds is 3. The summed E-state index contributed by atoms with van der Waals surface area (Å²) in [6, 6.07) is 8.60. The Morgan fingerprint density at radius 2 is 1.96 bits per heavy atom.